The van der Waals surface area contributed by atoms with Gasteiger partial charge in [0.2, 0.25) is 0 Å². The summed E-state index contributed by atoms with van der Waals surface area (Å²) in [6, 6.07) is 0. The monoisotopic (exact) mass is 199 g/mol. The molecule has 2 N–H and O–H groups in total. The molecule has 1 unspecified atom stereocenters. The maximum atomic E-state index is 9.70. The fourth-order valence-corrected chi connectivity index (χ4v) is 2.99. The normalized spacial score (nSPS) is 30.2. The van der Waals surface area contributed by atoms with Crippen molar-refractivity contribution < 1.29 is 10.2 Å². The summed E-state index contributed by atoms with van der Waals surface area (Å²) >= 11 is 0. The van der Waals surface area contributed by atoms with E-state index in [0.717, 1.165) is 13.1 Å². The van der Waals surface area contributed by atoms with Gasteiger partial charge in [0.15, 0.2) is 0 Å². The fraction of sp³-hybridized carbons (Fsp3) is 1.00. The molecule has 1 atom stereocenters. The van der Waals surface area contributed by atoms with Crippen LogP contribution in [-0.4, -0.2) is 47.0 Å². The molecule has 3 heteroatoms. The molecule has 0 amide bonds. The van der Waals surface area contributed by atoms with E-state index < -0.39 is 5.60 Å². The summed E-state index contributed by atoms with van der Waals surface area (Å²) in [5.74, 6) is 0. The summed E-state index contributed by atoms with van der Waals surface area (Å²) in [5.41, 5.74) is -0.328. The van der Waals surface area contributed by atoms with Gasteiger partial charge in [0.1, 0.15) is 0 Å². The number of aliphatic hydroxyl groups excluding tert-OH is 1. The molecule has 0 aromatic carbocycles. The molecule has 1 saturated carbocycles. The number of hydrogen-bond acceptors (Lipinski definition) is 3. The Balaban J connectivity index is 1.77. The van der Waals surface area contributed by atoms with Crippen molar-refractivity contribution in [3.05, 3.63) is 0 Å². The Bertz CT molecular complexity index is 201. The molecule has 1 heterocycles. The second-order valence-corrected chi connectivity index (χ2v) is 5.51. The second kappa shape index (κ2) is 3.47. The molecule has 2 aliphatic rings. The highest BCUT2D eigenvalue weighted by molar-refractivity contribution is 4.99. The van der Waals surface area contributed by atoms with Gasteiger partial charge in [-0.25, -0.2) is 0 Å². The van der Waals surface area contributed by atoms with Gasteiger partial charge in [-0.05, 0) is 25.2 Å². The van der Waals surface area contributed by atoms with Gasteiger partial charge in [0.25, 0.3) is 0 Å². The molecule has 0 aromatic rings. The van der Waals surface area contributed by atoms with E-state index in [4.69, 9.17) is 5.11 Å². The third-order valence-electron chi connectivity index (χ3n) is 3.69. The summed E-state index contributed by atoms with van der Waals surface area (Å²) < 4.78 is 0. The lowest BCUT2D eigenvalue weighted by Crippen LogP contribution is -2.59. The molecule has 1 saturated heterocycles. The van der Waals surface area contributed by atoms with E-state index in [-0.39, 0.29) is 6.61 Å². The molecule has 1 aliphatic carbocycles. The first-order valence-electron chi connectivity index (χ1n) is 5.61. The maximum Gasteiger partial charge on any atom is 0.0975 e. The van der Waals surface area contributed by atoms with Gasteiger partial charge in [-0.3, -0.25) is 4.90 Å². The first kappa shape index (κ1) is 10.4. The lowest BCUT2D eigenvalue weighted by atomic mass is 9.78. The van der Waals surface area contributed by atoms with Gasteiger partial charge in [-0.15, -0.1) is 0 Å². The highest BCUT2D eigenvalue weighted by Gasteiger charge is 2.45. The number of nitrogens with zero attached hydrogens (tertiary/aromatic N) is 1. The largest absolute Gasteiger partial charge is 0.393 e. The van der Waals surface area contributed by atoms with Crippen LogP contribution >= 0.6 is 0 Å². The molecule has 14 heavy (non-hydrogen) atoms. The van der Waals surface area contributed by atoms with Crippen molar-refractivity contribution in [1.29, 1.82) is 0 Å². The van der Waals surface area contributed by atoms with E-state index in [0.29, 0.717) is 12.0 Å². The van der Waals surface area contributed by atoms with Crippen LogP contribution in [0.1, 0.15) is 32.6 Å². The predicted octanol–water partition coefficient (Wildman–Crippen LogP) is 0.606. The van der Waals surface area contributed by atoms with Crippen LogP contribution in [0.2, 0.25) is 0 Å². The minimum Gasteiger partial charge on any atom is -0.393 e. The van der Waals surface area contributed by atoms with Crippen LogP contribution in [0.4, 0.5) is 0 Å². The van der Waals surface area contributed by atoms with Crippen molar-refractivity contribution in [3.8, 4) is 0 Å². The summed E-state index contributed by atoms with van der Waals surface area (Å²) in [7, 11) is 0. The first-order chi connectivity index (χ1) is 6.55. The predicted molar refractivity (Wildman–Crippen MR) is 55.1 cm³/mol. The van der Waals surface area contributed by atoms with Gasteiger partial charge in [-0.2, -0.15) is 0 Å². The summed E-state index contributed by atoms with van der Waals surface area (Å²) in [5, 5.41) is 18.6. The quantitative estimate of drug-likeness (QED) is 0.700. The SMILES string of the molecule is CC(O)(CO)CN1CC2(CCCC2)C1. The zero-order chi connectivity index (χ0) is 10.2. The Morgan fingerprint density at radius 1 is 1.29 bits per heavy atom. The average molecular weight is 199 g/mol. The summed E-state index contributed by atoms with van der Waals surface area (Å²) in [4.78, 5) is 2.27. The first-order valence-corrected chi connectivity index (χ1v) is 5.61. The Kier molecular flexibility index (Phi) is 2.58. The number of rotatable bonds is 3. The molecule has 0 bridgehead atoms. The third kappa shape index (κ3) is 1.95. The van der Waals surface area contributed by atoms with Crippen molar-refractivity contribution in [2.75, 3.05) is 26.2 Å². The topological polar surface area (TPSA) is 43.7 Å². The number of hydrogen-bond donors (Lipinski definition) is 2. The zero-order valence-corrected chi connectivity index (χ0v) is 9.00. The Morgan fingerprint density at radius 2 is 1.86 bits per heavy atom. The average Bonchev–Trinajstić information content (AvgIpc) is 2.52. The standard InChI is InChI=1S/C11H21NO2/c1-10(14,9-13)6-12-7-11(8-12)4-2-3-5-11/h13-14H,2-9H2,1H3. The second-order valence-electron chi connectivity index (χ2n) is 5.51. The highest BCUT2D eigenvalue weighted by Crippen LogP contribution is 2.45. The maximum absolute atomic E-state index is 9.70. The molecule has 2 rings (SSSR count). The van der Waals surface area contributed by atoms with Crippen LogP contribution in [0, 0.1) is 5.41 Å². The van der Waals surface area contributed by atoms with E-state index in [1.165, 1.54) is 25.7 Å². The molecule has 82 valence electrons. The lowest BCUT2D eigenvalue weighted by molar-refractivity contribution is -0.0776. The minimum atomic E-state index is -0.916. The van der Waals surface area contributed by atoms with Crippen LogP contribution in [-0.2, 0) is 0 Å². The molecule has 3 nitrogen and oxygen atoms in total. The molecular weight excluding hydrogens is 178 g/mol. The van der Waals surface area contributed by atoms with Gasteiger partial charge in [0.05, 0.1) is 12.2 Å². The molecule has 1 aliphatic heterocycles. The summed E-state index contributed by atoms with van der Waals surface area (Å²) in [6.07, 6.45) is 5.49. The van der Waals surface area contributed by atoms with Crippen LogP contribution in [0.15, 0.2) is 0 Å². The molecule has 0 radical (unpaired) electrons. The summed E-state index contributed by atoms with van der Waals surface area (Å²) in [6.45, 7) is 4.43. The third-order valence-corrected chi connectivity index (χ3v) is 3.69. The van der Waals surface area contributed by atoms with Crippen molar-refractivity contribution >= 4 is 0 Å². The minimum absolute atomic E-state index is 0.142. The highest BCUT2D eigenvalue weighted by atomic mass is 16.3. The van der Waals surface area contributed by atoms with E-state index >= 15 is 0 Å². The van der Waals surface area contributed by atoms with Gasteiger partial charge >= 0.3 is 0 Å². The molecule has 1 spiro atoms. The fourth-order valence-electron chi connectivity index (χ4n) is 2.99. The van der Waals surface area contributed by atoms with Crippen molar-refractivity contribution in [2.45, 2.75) is 38.2 Å². The number of likely N-dealkylation sites (tertiary alicyclic amines) is 1. The van der Waals surface area contributed by atoms with Crippen LogP contribution < -0.4 is 0 Å². The molecular formula is C11H21NO2. The Labute approximate surface area is 85.7 Å². The van der Waals surface area contributed by atoms with E-state index in [9.17, 15) is 5.11 Å². The van der Waals surface area contributed by atoms with Crippen LogP contribution in [0.5, 0.6) is 0 Å². The van der Waals surface area contributed by atoms with E-state index in [2.05, 4.69) is 4.90 Å². The lowest BCUT2D eigenvalue weighted by Gasteiger charge is -2.50. The van der Waals surface area contributed by atoms with E-state index in [1.54, 1.807) is 6.92 Å². The smallest absolute Gasteiger partial charge is 0.0975 e. The van der Waals surface area contributed by atoms with Crippen molar-refractivity contribution in [1.82, 2.24) is 4.90 Å². The zero-order valence-electron chi connectivity index (χ0n) is 9.00. The van der Waals surface area contributed by atoms with Gasteiger partial charge < -0.3 is 10.2 Å². The number of aliphatic hydroxyl groups is 2. The van der Waals surface area contributed by atoms with Crippen LogP contribution in [0.25, 0.3) is 0 Å². The van der Waals surface area contributed by atoms with E-state index in [1.807, 2.05) is 0 Å². The van der Waals surface area contributed by atoms with Crippen LogP contribution in [0.3, 0.4) is 0 Å². The van der Waals surface area contributed by atoms with Crippen molar-refractivity contribution in [3.63, 3.8) is 0 Å². The van der Waals surface area contributed by atoms with Gasteiger partial charge in [-0.1, -0.05) is 12.8 Å². The molecule has 0 aromatic heterocycles. The van der Waals surface area contributed by atoms with Crippen molar-refractivity contribution in [2.24, 2.45) is 5.41 Å². The van der Waals surface area contributed by atoms with Gasteiger partial charge in [0, 0.05) is 19.6 Å². The number of β-amino-alcohol motifs (C(OH)–C–C–N with tert-alkyl or cyclic N) is 1. The molecule has 2 fully saturated rings. The Morgan fingerprint density at radius 3 is 2.36 bits per heavy atom. The Hall–Kier alpha value is -0.120.